The van der Waals surface area contributed by atoms with Gasteiger partial charge >= 0.3 is 5.97 Å². The third-order valence-corrected chi connectivity index (χ3v) is 7.64. The highest BCUT2D eigenvalue weighted by Crippen LogP contribution is 2.46. The molecule has 0 saturated carbocycles. The van der Waals surface area contributed by atoms with Crippen LogP contribution in [0.5, 0.6) is 0 Å². The minimum atomic E-state index is -0.851. The van der Waals surface area contributed by atoms with Gasteiger partial charge in [-0.15, -0.1) is 11.3 Å². The molecule has 1 aliphatic heterocycles. The fraction of sp³-hybridized carbons (Fsp3) is 0.321. The lowest BCUT2D eigenvalue weighted by Gasteiger charge is -2.36. The highest BCUT2D eigenvalue weighted by Gasteiger charge is 2.43. The number of carbonyl (C=O) groups is 2. The lowest BCUT2D eigenvalue weighted by Crippen LogP contribution is -2.37. The molecule has 6 nitrogen and oxygen atoms in total. The molecule has 3 aromatic rings. The molecule has 1 aromatic carbocycles. The molecule has 1 aliphatic carbocycles. The zero-order valence-corrected chi connectivity index (χ0v) is 21.0. The molecule has 35 heavy (non-hydrogen) atoms. The summed E-state index contributed by atoms with van der Waals surface area (Å²) in [5.41, 5.74) is 3.49. The molecule has 0 radical (unpaired) electrons. The van der Waals surface area contributed by atoms with Crippen molar-refractivity contribution in [2.75, 3.05) is 0 Å². The molecular formula is C28H27NO5S. The first kappa shape index (κ1) is 23.3. The number of fused-ring (bicyclic) bond motifs is 1. The molecule has 1 N–H and O–H groups in total. The Bertz CT molecular complexity index is 1460. The van der Waals surface area contributed by atoms with Crippen LogP contribution in [0, 0.1) is 6.92 Å². The van der Waals surface area contributed by atoms with Gasteiger partial charge in [-0.1, -0.05) is 17.7 Å². The number of nitrogens with one attached hydrogen (secondary N) is 1. The van der Waals surface area contributed by atoms with Crippen LogP contribution in [0.1, 0.15) is 61.5 Å². The zero-order chi connectivity index (χ0) is 24.9. The minimum Gasteiger partial charge on any atom is -0.464 e. The number of aryl methyl sites for hydroxylation is 1. The van der Waals surface area contributed by atoms with Gasteiger partial charge in [0, 0.05) is 39.7 Å². The first-order chi connectivity index (χ1) is 16.7. The van der Waals surface area contributed by atoms with Crippen molar-refractivity contribution in [3.63, 3.8) is 0 Å². The zero-order valence-electron chi connectivity index (χ0n) is 20.1. The first-order valence-corrected chi connectivity index (χ1v) is 12.6. The van der Waals surface area contributed by atoms with Gasteiger partial charge in [0.05, 0.1) is 29.2 Å². The highest BCUT2D eigenvalue weighted by atomic mass is 32.1. The molecule has 0 spiro atoms. The van der Waals surface area contributed by atoms with Crippen LogP contribution in [-0.2, 0) is 14.3 Å². The van der Waals surface area contributed by atoms with Crippen LogP contribution in [0.4, 0.5) is 0 Å². The van der Waals surface area contributed by atoms with Crippen LogP contribution in [0.15, 0.2) is 73.7 Å². The normalized spacial score (nSPS) is 20.3. The Kier molecular flexibility index (Phi) is 5.97. The number of carbonyl (C=O) groups excluding carboxylic acids is 2. The monoisotopic (exact) mass is 489 g/mol. The summed E-state index contributed by atoms with van der Waals surface area (Å²) in [6.07, 6.45) is 2.00. The van der Waals surface area contributed by atoms with Crippen molar-refractivity contribution in [2.24, 2.45) is 0 Å². The molecule has 5 rings (SSSR count). The van der Waals surface area contributed by atoms with E-state index in [0.717, 1.165) is 16.1 Å². The van der Waals surface area contributed by atoms with Crippen LogP contribution in [0.3, 0.4) is 0 Å². The average molecular weight is 490 g/mol. The number of ether oxygens (including phenoxy) is 1. The largest absolute Gasteiger partial charge is 0.464 e. The van der Waals surface area contributed by atoms with Gasteiger partial charge in [-0.05, 0) is 57.7 Å². The summed E-state index contributed by atoms with van der Waals surface area (Å²) in [5, 5.41) is 5.76. The molecule has 0 saturated heterocycles. The minimum absolute atomic E-state index is 0.0574. The van der Waals surface area contributed by atoms with E-state index >= 15 is 0 Å². The van der Waals surface area contributed by atoms with Gasteiger partial charge < -0.3 is 14.5 Å². The molecule has 7 heteroatoms. The molecule has 3 heterocycles. The van der Waals surface area contributed by atoms with Crippen molar-refractivity contribution in [2.45, 2.75) is 58.5 Å². The molecule has 2 aromatic heterocycles. The number of ketones is 1. The maximum absolute atomic E-state index is 13.7. The van der Waals surface area contributed by atoms with E-state index in [4.69, 9.17) is 9.15 Å². The van der Waals surface area contributed by atoms with Gasteiger partial charge in [0.2, 0.25) is 0 Å². The summed E-state index contributed by atoms with van der Waals surface area (Å²) in [4.78, 5) is 41.8. The number of esters is 1. The molecule has 180 valence electrons. The van der Waals surface area contributed by atoms with Crippen molar-refractivity contribution >= 4 is 34.1 Å². The predicted octanol–water partition coefficient (Wildman–Crippen LogP) is 5.48. The SMILES string of the molecule is CC1=C(C(=O)OC(C)C)C(c2coc3ccc(C)cc3c2=O)C2=C(CC(c3cccs3)CC2=O)N1. The Morgan fingerprint density at radius 3 is 2.69 bits per heavy atom. The fourth-order valence-corrected chi connectivity index (χ4v) is 5.91. The molecule has 2 aliphatic rings. The summed E-state index contributed by atoms with van der Waals surface area (Å²) in [5.74, 6) is -1.41. The van der Waals surface area contributed by atoms with Crippen LogP contribution in [-0.4, -0.2) is 17.9 Å². The van der Waals surface area contributed by atoms with Crippen molar-refractivity contribution in [1.29, 1.82) is 0 Å². The standard InChI is InChI=1S/C28H27NO5S/c1-14(2)34-28(32)24-16(4)29-20-11-17(23-6-5-9-35-23)12-21(30)26(20)25(24)19-13-33-22-8-7-15(3)10-18(22)27(19)31/h5-10,13-14,17,25,29H,11-12H2,1-4H3. The topological polar surface area (TPSA) is 85.6 Å². The van der Waals surface area contributed by atoms with Crippen molar-refractivity contribution in [1.82, 2.24) is 5.32 Å². The van der Waals surface area contributed by atoms with Crippen molar-refractivity contribution in [3.8, 4) is 0 Å². The fourth-order valence-electron chi connectivity index (χ4n) is 5.08. The highest BCUT2D eigenvalue weighted by molar-refractivity contribution is 7.10. The van der Waals surface area contributed by atoms with E-state index in [1.54, 1.807) is 44.2 Å². The second-order valence-electron chi connectivity index (χ2n) is 9.51. The first-order valence-electron chi connectivity index (χ1n) is 11.7. The summed E-state index contributed by atoms with van der Waals surface area (Å²) < 4.78 is 11.4. The van der Waals surface area contributed by atoms with E-state index < -0.39 is 11.9 Å². The number of benzene rings is 1. The number of dihydropyridines is 1. The van der Waals surface area contributed by atoms with E-state index in [1.807, 2.05) is 30.5 Å². The van der Waals surface area contributed by atoms with E-state index in [9.17, 15) is 14.4 Å². The summed E-state index contributed by atoms with van der Waals surface area (Å²) >= 11 is 1.63. The van der Waals surface area contributed by atoms with Gasteiger partial charge in [-0.25, -0.2) is 4.79 Å². The van der Waals surface area contributed by atoms with E-state index in [-0.39, 0.29) is 34.4 Å². The van der Waals surface area contributed by atoms with E-state index in [2.05, 4.69) is 5.32 Å². The van der Waals surface area contributed by atoms with Gasteiger partial charge in [0.25, 0.3) is 0 Å². The third kappa shape index (κ3) is 4.14. The van der Waals surface area contributed by atoms with Crippen molar-refractivity contribution in [3.05, 3.63) is 90.7 Å². The predicted molar refractivity (Wildman–Crippen MR) is 135 cm³/mol. The Hall–Kier alpha value is -3.45. The van der Waals surface area contributed by atoms with Gasteiger partial charge in [-0.3, -0.25) is 9.59 Å². The molecule has 2 atom stereocenters. The second-order valence-corrected chi connectivity index (χ2v) is 10.5. The molecule has 0 fully saturated rings. The van der Waals surface area contributed by atoms with Crippen LogP contribution in [0.25, 0.3) is 11.0 Å². The lowest BCUT2D eigenvalue weighted by atomic mass is 9.73. The Morgan fingerprint density at radius 1 is 1.17 bits per heavy atom. The average Bonchev–Trinajstić information content (AvgIpc) is 3.33. The number of hydrogen-bond donors (Lipinski definition) is 1. The van der Waals surface area contributed by atoms with Crippen molar-refractivity contribution < 1.29 is 18.7 Å². The van der Waals surface area contributed by atoms with E-state index in [1.165, 1.54) is 6.26 Å². The molecule has 0 amide bonds. The molecule has 2 unspecified atom stereocenters. The molecular weight excluding hydrogens is 462 g/mol. The Balaban J connectivity index is 1.70. The van der Waals surface area contributed by atoms with Crippen LogP contribution < -0.4 is 10.7 Å². The number of Topliss-reactive ketones (excluding diaryl/α,β-unsaturated/α-hetero) is 1. The summed E-state index contributed by atoms with van der Waals surface area (Å²) in [6, 6.07) is 9.44. The number of allylic oxidation sites excluding steroid dienone is 3. The quantitative estimate of drug-likeness (QED) is 0.489. The maximum Gasteiger partial charge on any atom is 0.337 e. The Labute approximate surface area is 207 Å². The number of rotatable bonds is 4. The maximum atomic E-state index is 13.7. The second kappa shape index (κ2) is 8.96. The lowest BCUT2D eigenvalue weighted by molar-refractivity contribution is -0.143. The smallest absolute Gasteiger partial charge is 0.337 e. The van der Waals surface area contributed by atoms with Gasteiger partial charge in [-0.2, -0.15) is 0 Å². The van der Waals surface area contributed by atoms with Gasteiger partial charge in [0.15, 0.2) is 11.2 Å². The Morgan fingerprint density at radius 2 is 1.97 bits per heavy atom. The van der Waals surface area contributed by atoms with Gasteiger partial charge in [0.1, 0.15) is 5.58 Å². The third-order valence-electron chi connectivity index (χ3n) is 6.60. The number of hydrogen-bond acceptors (Lipinski definition) is 7. The van der Waals surface area contributed by atoms with Crippen LogP contribution >= 0.6 is 11.3 Å². The van der Waals surface area contributed by atoms with E-state index in [0.29, 0.717) is 35.1 Å². The van der Waals surface area contributed by atoms with Crippen LogP contribution in [0.2, 0.25) is 0 Å². The molecule has 0 bridgehead atoms. The summed E-state index contributed by atoms with van der Waals surface area (Å²) in [6.45, 7) is 7.24. The number of thiophene rings is 1. The summed E-state index contributed by atoms with van der Waals surface area (Å²) in [7, 11) is 0.